The molecule has 1 aromatic carbocycles. The van der Waals surface area contributed by atoms with Gasteiger partial charge in [0.15, 0.2) is 0 Å². The monoisotopic (exact) mass is 627 g/mol. The van der Waals surface area contributed by atoms with Crippen LogP contribution in [0, 0.1) is 11.7 Å². The van der Waals surface area contributed by atoms with Crippen LogP contribution in [0.5, 0.6) is 0 Å². The zero-order chi connectivity index (χ0) is 32.3. The van der Waals surface area contributed by atoms with E-state index < -0.39 is 59.5 Å². The van der Waals surface area contributed by atoms with Crippen molar-refractivity contribution in [3.8, 4) is 0 Å². The van der Waals surface area contributed by atoms with E-state index in [2.05, 4.69) is 17.2 Å². The first kappa shape index (κ1) is 31.9. The fraction of sp³-hybridized carbons (Fsp3) is 0.516. The highest BCUT2D eigenvalue weighted by molar-refractivity contribution is 5.98. The Labute approximate surface area is 259 Å². The molecule has 242 valence electrons. The summed E-state index contributed by atoms with van der Waals surface area (Å²) in [6, 6.07) is 2.40. The van der Waals surface area contributed by atoms with E-state index in [0.29, 0.717) is 24.0 Å². The third-order valence-corrected chi connectivity index (χ3v) is 8.76. The Morgan fingerprint density at radius 2 is 1.98 bits per heavy atom. The molecule has 1 saturated carbocycles. The van der Waals surface area contributed by atoms with Crippen LogP contribution >= 0.6 is 0 Å². The highest BCUT2D eigenvalue weighted by Gasteiger charge is 2.61. The number of carbonyl (C=O) groups is 5. The van der Waals surface area contributed by atoms with E-state index in [-0.39, 0.29) is 50.6 Å². The number of ether oxygens (including phenoxy) is 2. The molecule has 3 heterocycles. The van der Waals surface area contributed by atoms with E-state index in [1.165, 1.54) is 22.8 Å². The van der Waals surface area contributed by atoms with Gasteiger partial charge >= 0.3 is 12.2 Å². The Hall–Kier alpha value is -4.46. The van der Waals surface area contributed by atoms with Gasteiger partial charge in [-0.25, -0.2) is 19.5 Å². The Morgan fingerprint density at radius 3 is 2.71 bits per heavy atom. The van der Waals surface area contributed by atoms with Crippen molar-refractivity contribution in [2.45, 2.75) is 88.7 Å². The molecule has 1 aliphatic carbocycles. The van der Waals surface area contributed by atoms with Crippen molar-refractivity contribution in [2.24, 2.45) is 5.92 Å². The predicted molar refractivity (Wildman–Crippen MR) is 155 cm³/mol. The number of hydroxylamine groups is 1. The van der Waals surface area contributed by atoms with Gasteiger partial charge in [0, 0.05) is 24.4 Å². The van der Waals surface area contributed by atoms with Gasteiger partial charge in [-0.15, -0.1) is 0 Å². The number of carbonyl (C=O) groups excluding carboxylic acids is 5. The topological polar surface area (TPSA) is 167 Å². The van der Waals surface area contributed by atoms with Gasteiger partial charge < -0.3 is 25.0 Å². The fourth-order valence-electron chi connectivity index (χ4n) is 6.32. The molecule has 5 atom stereocenters. The number of allylic oxidation sites excluding steroid dienone is 2. The predicted octanol–water partition coefficient (Wildman–Crippen LogP) is 2.78. The van der Waals surface area contributed by atoms with Gasteiger partial charge in [-0.05, 0) is 44.2 Å². The first-order chi connectivity index (χ1) is 21.5. The van der Waals surface area contributed by atoms with Crippen LogP contribution in [0.25, 0.3) is 0 Å². The molecule has 0 bridgehead atoms. The lowest BCUT2D eigenvalue weighted by atomic mass is 10.1. The molecule has 14 heteroatoms. The Morgan fingerprint density at radius 1 is 1.18 bits per heavy atom. The van der Waals surface area contributed by atoms with Crippen LogP contribution in [-0.4, -0.2) is 75.2 Å². The Kier molecular flexibility index (Phi) is 9.42. The van der Waals surface area contributed by atoms with Crippen molar-refractivity contribution >= 4 is 29.9 Å². The summed E-state index contributed by atoms with van der Waals surface area (Å²) in [6.45, 7) is 5.04. The van der Waals surface area contributed by atoms with Crippen LogP contribution in [0.15, 0.2) is 42.7 Å². The minimum atomic E-state index is -1.40. The molecule has 0 radical (unpaired) electrons. The van der Waals surface area contributed by atoms with Gasteiger partial charge in [-0.1, -0.05) is 43.7 Å². The summed E-state index contributed by atoms with van der Waals surface area (Å²) in [5, 5.41) is 14.7. The van der Waals surface area contributed by atoms with Gasteiger partial charge in [0.2, 0.25) is 11.8 Å². The largest absolute Gasteiger partial charge is 0.444 e. The lowest BCUT2D eigenvalue weighted by Crippen LogP contribution is -2.57. The van der Waals surface area contributed by atoms with Crippen molar-refractivity contribution in [1.29, 1.82) is 0 Å². The van der Waals surface area contributed by atoms with Crippen molar-refractivity contribution < 1.29 is 43.0 Å². The number of hydrogen-bond donors (Lipinski definition) is 4. The van der Waals surface area contributed by atoms with Crippen molar-refractivity contribution in [3.63, 3.8) is 0 Å². The maximum atomic E-state index is 14.3. The van der Waals surface area contributed by atoms with Crippen LogP contribution in [0.2, 0.25) is 0 Å². The summed E-state index contributed by atoms with van der Waals surface area (Å²) in [4.78, 5) is 68.7. The summed E-state index contributed by atoms with van der Waals surface area (Å²) in [5.41, 5.74) is 1.30. The molecule has 4 N–H and O–H groups in total. The maximum Gasteiger partial charge on any atom is 0.412 e. The Bertz CT molecular complexity index is 1420. The van der Waals surface area contributed by atoms with Crippen LogP contribution < -0.4 is 16.1 Å². The molecule has 2 fully saturated rings. The number of benzene rings is 1. The number of alkyl carbamates (subject to hydrolysis) is 1. The average Bonchev–Trinajstić information content (AvgIpc) is 3.30. The molecule has 5 amide bonds. The summed E-state index contributed by atoms with van der Waals surface area (Å²) >= 11 is 0. The lowest BCUT2D eigenvalue weighted by molar-refractivity contribution is -0.142. The third kappa shape index (κ3) is 6.95. The van der Waals surface area contributed by atoms with Crippen LogP contribution in [0.4, 0.5) is 14.0 Å². The maximum absolute atomic E-state index is 14.3. The summed E-state index contributed by atoms with van der Waals surface area (Å²) < 4.78 is 25.0. The molecule has 0 spiro atoms. The van der Waals surface area contributed by atoms with Gasteiger partial charge in [0.05, 0.1) is 18.8 Å². The molecule has 45 heavy (non-hydrogen) atoms. The lowest BCUT2D eigenvalue weighted by Gasteiger charge is -2.29. The van der Waals surface area contributed by atoms with E-state index in [0.717, 1.165) is 12.8 Å². The number of nitrogens with one attached hydrogen (secondary N) is 3. The normalized spacial score (nSPS) is 28.7. The molecule has 4 aliphatic rings. The third-order valence-electron chi connectivity index (χ3n) is 8.76. The summed E-state index contributed by atoms with van der Waals surface area (Å²) in [7, 11) is 0. The zero-order valence-corrected chi connectivity index (χ0v) is 25.1. The number of amides is 5. The first-order valence-electron chi connectivity index (χ1n) is 15.1. The summed E-state index contributed by atoms with van der Waals surface area (Å²) in [5.74, 6) is -2.68. The highest BCUT2D eigenvalue weighted by atomic mass is 19.1. The number of rotatable bonds is 4. The minimum absolute atomic E-state index is 0.0185. The van der Waals surface area contributed by atoms with E-state index in [1.807, 2.05) is 12.2 Å². The number of nitrogens with zero attached hydrogens (tertiary/aromatic N) is 2. The van der Waals surface area contributed by atoms with E-state index >= 15 is 0 Å². The molecule has 3 aliphatic heterocycles. The number of fused-ring (bicyclic) bond motifs is 3. The van der Waals surface area contributed by atoms with E-state index in [4.69, 9.17) is 9.47 Å². The van der Waals surface area contributed by atoms with Crippen LogP contribution in [0.1, 0.15) is 63.0 Å². The van der Waals surface area contributed by atoms with Gasteiger partial charge in [-0.2, -0.15) is 0 Å². The first-order valence-corrected chi connectivity index (χ1v) is 15.1. The molecule has 1 unspecified atom stereocenters. The number of hydrogen-bond acceptors (Lipinski definition) is 8. The highest BCUT2D eigenvalue weighted by Crippen LogP contribution is 2.45. The van der Waals surface area contributed by atoms with Crippen molar-refractivity contribution in [2.75, 3.05) is 6.54 Å². The van der Waals surface area contributed by atoms with Gasteiger partial charge in [0.1, 0.15) is 29.5 Å². The van der Waals surface area contributed by atoms with Crippen molar-refractivity contribution in [3.05, 3.63) is 59.6 Å². The van der Waals surface area contributed by atoms with Crippen LogP contribution in [0.3, 0.4) is 0 Å². The van der Waals surface area contributed by atoms with Crippen LogP contribution in [-0.2, 0) is 36.9 Å². The molecular formula is C31H38FN5O8. The second kappa shape index (κ2) is 13.3. The molecule has 1 saturated heterocycles. The summed E-state index contributed by atoms with van der Waals surface area (Å²) in [6.07, 6.45) is 4.53. The van der Waals surface area contributed by atoms with Crippen molar-refractivity contribution in [1.82, 2.24) is 25.9 Å². The molecule has 1 aromatic rings. The fourth-order valence-corrected chi connectivity index (χ4v) is 6.32. The van der Waals surface area contributed by atoms with E-state index in [9.17, 15) is 33.6 Å². The van der Waals surface area contributed by atoms with E-state index in [1.54, 1.807) is 17.6 Å². The standard InChI is InChI=1S/C31H38FN5O8/c1-18(2)44-29(41)33-24-12-7-5-3-4-6-10-20-14-31(20,28(40)35-43)34-26(38)25-13-21(16-37(25)27(24)39)45-30(42)36-15-19-9-8-11-23(32)22(19)17-36/h6,8-11,20-21,24-25,43H,1,3-5,7,12-17H2,2H3,(H,33,41)(H,34,38)(H,35,40)/b10-6-/t20?,21-,24+,25+,31-/m1/s1. The smallest absolute Gasteiger partial charge is 0.412 e. The zero-order valence-electron chi connectivity index (χ0n) is 25.1. The molecular weight excluding hydrogens is 589 g/mol. The Balaban J connectivity index is 1.38. The molecule has 0 aromatic heterocycles. The second-order valence-electron chi connectivity index (χ2n) is 12.0. The number of halogens is 1. The second-order valence-corrected chi connectivity index (χ2v) is 12.0. The molecule has 5 rings (SSSR count). The molecule has 13 nitrogen and oxygen atoms in total. The quantitative estimate of drug-likeness (QED) is 0.171. The van der Waals surface area contributed by atoms with Gasteiger partial charge in [-0.3, -0.25) is 24.5 Å². The van der Waals surface area contributed by atoms with Gasteiger partial charge in [0.25, 0.3) is 5.91 Å². The SMILES string of the molecule is C=C(C)OC(=O)N[C@H]1CCCCC/C=C\C2C[C@@]2(C(=O)NO)NC(=O)[C@@H]2C[C@@H](OC(=O)N3Cc4cccc(F)c4C3)CN2C1=O. The minimum Gasteiger partial charge on any atom is -0.444 e. The average molecular weight is 628 g/mol.